The number of amides is 1. The number of Topliss-reactive ketones (excluding diaryl/α,β-unsaturated/α-hetero) is 1. The number of aliphatic hydroxyl groups excluding tert-OH is 2. The number of ketones is 1. The number of carboxylic acid groups (broad SMARTS) is 1. The number of carboxylic acids is 1. The Balaban J connectivity index is 1.83. The average Bonchev–Trinajstić information content (AvgIpc) is 3.13. The van der Waals surface area contributed by atoms with E-state index in [4.69, 9.17) is 4.74 Å². The Morgan fingerprint density at radius 3 is 2.41 bits per heavy atom. The number of allylic oxidation sites excluding steroid dienone is 5. The van der Waals surface area contributed by atoms with E-state index in [9.17, 15) is 39.9 Å². The molecule has 0 unspecified atom stereocenters. The Morgan fingerprint density at radius 2 is 1.78 bits per heavy atom. The highest BCUT2D eigenvalue weighted by Crippen LogP contribution is 2.31. The van der Waals surface area contributed by atoms with Crippen molar-refractivity contribution in [3.63, 3.8) is 0 Å². The summed E-state index contributed by atoms with van der Waals surface area (Å²) in [7, 11) is 1.65. The van der Waals surface area contributed by atoms with Crippen LogP contribution < -0.4 is 5.11 Å². The van der Waals surface area contributed by atoms with Gasteiger partial charge in [-0.3, -0.25) is 9.59 Å². The molecule has 2 fully saturated rings. The highest BCUT2D eigenvalue weighted by atomic mass is 127. The molecule has 1 amide bonds. The molecule has 4 N–H and O–H groups in total. The van der Waals surface area contributed by atoms with Crippen LogP contribution in [-0.4, -0.2) is 92.5 Å². The number of rotatable bonds is 23. The Morgan fingerprint density at radius 1 is 1.07 bits per heavy atom. The Labute approximate surface area is 337 Å². The molecular weight excluding hydrogens is 803 g/mol. The highest BCUT2D eigenvalue weighted by molar-refractivity contribution is 14.1. The molecule has 2 rings (SSSR count). The third kappa shape index (κ3) is 15.2. The van der Waals surface area contributed by atoms with Crippen molar-refractivity contribution in [3.8, 4) is 0 Å². The van der Waals surface area contributed by atoms with Gasteiger partial charge in [-0.25, -0.2) is 8.00 Å². The maximum atomic E-state index is 13.0. The Bertz CT molecular complexity index is 1310. The molecule has 12 heteroatoms. The van der Waals surface area contributed by atoms with Gasteiger partial charge in [-0.15, -0.1) is 6.58 Å². The second-order valence-electron chi connectivity index (χ2n) is 16.3. The molecule has 308 valence electrons. The zero-order valence-corrected chi connectivity index (χ0v) is 35.7. The topological polar surface area (TPSA) is 180 Å². The van der Waals surface area contributed by atoms with Crippen LogP contribution in [0, 0.1) is 29.6 Å². The van der Waals surface area contributed by atoms with Crippen LogP contribution in [0.5, 0.6) is 0 Å². The van der Waals surface area contributed by atoms with E-state index in [0.717, 1.165) is 74.8 Å². The van der Waals surface area contributed by atoms with Crippen LogP contribution in [0.25, 0.3) is 0 Å². The fraction of sp³-hybridized carbons (Fsp3) is 0.762. The molecule has 1 aliphatic carbocycles. The lowest BCUT2D eigenvalue weighted by atomic mass is 9.82. The van der Waals surface area contributed by atoms with E-state index in [0.29, 0.717) is 25.2 Å². The molecule has 54 heavy (non-hydrogen) atoms. The minimum absolute atomic E-state index is 0.0403. The molecule has 0 aromatic carbocycles. The average molecular weight is 872 g/mol. The summed E-state index contributed by atoms with van der Waals surface area (Å²) in [5.74, 6) is -7.53. The first-order valence-corrected chi connectivity index (χ1v) is 21.0. The molecule has 0 aromatic heterocycles. The molecule has 0 radical (unpaired) electrons. The molecular formula is C42H68IN2O9-. The van der Waals surface area contributed by atoms with Crippen LogP contribution in [0.3, 0.4) is 0 Å². The summed E-state index contributed by atoms with van der Waals surface area (Å²) in [5.41, 5.74) is 3.43. The minimum atomic E-state index is -3.12. The number of methoxy groups -OCH3 is 1. The number of aliphatic carboxylic acids is 1. The van der Waals surface area contributed by atoms with E-state index < -0.39 is 47.6 Å². The molecule has 1 saturated carbocycles. The summed E-state index contributed by atoms with van der Waals surface area (Å²) >= 11 is 2.03. The van der Waals surface area contributed by atoms with Crippen LogP contribution in [0.4, 0.5) is 0 Å². The second-order valence-corrected chi connectivity index (χ2v) is 16.8. The number of carbonyl (C=O) groups excluding carboxylic acids is 2. The van der Waals surface area contributed by atoms with Crippen LogP contribution in [-0.2, 0) is 19.1 Å². The zero-order chi connectivity index (χ0) is 40.6. The number of carbonyl (C=O) groups is 3. The van der Waals surface area contributed by atoms with Crippen molar-refractivity contribution < 1.29 is 44.7 Å². The summed E-state index contributed by atoms with van der Waals surface area (Å²) in [6.07, 6.45) is 16.0. The van der Waals surface area contributed by atoms with Gasteiger partial charge in [-0.2, -0.15) is 0 Å². The Kier molecular flexibility index (Phi) is 21.4. The van der Waals surface area contributed by atoms with E-state index in [2.05, 4.69) is 42.7 Å². The first kappa shape index (κ1) is 48.2. The van der Waals surface area contributed by atoms with Crippen LogP contribution in [0.1, 0.15) is 131 Å². The fourth-order valence-corrected chi connectivity index (χ4v) is 8.68. The second kappa shape index (κ2) is 23.9. The van der Waals surface area contributed by atoms with Gasteiger partial charge in [-0.1, -0.05) is 69.4 Å². The first-order chi connectivity index (χ1) is 25.5. The van der Waals surface area contributed by atoms with E-state index in [-0.39, 0.29) is 43.2 Å². The van der Waals surface area contributed by atoms with Crippen molar-refractivity contribution in [1.29, 1.82) is 0 Å². The van der Waals surface area contributed by atoms with E-state index in [1.807, 2.05) is 35.9 Å². The van der Waals surface area contributed by atoms with Gasteiger partial charge in [0.25, 0.3) is 5.91 Å². The maximum absolute atomic E-state index is 13.0. The van der Waals surface area contributed by atoms with Crippen molar-refractivity contribution in [2.24, 2.45) is 32.8 Å². The van der Waals surface area contributed by atoms with Gasteiger partial charge < -0.3 is 35.2 Å². The maximum Gasteiger partial charge on any atom is 0.326 e. The number of likely N-dealkylation sites (tertiary alicyclic amines) is 1. The van der Waals surface area contributed by atoms with Gasteiger partial charge >= 0.3 is 5.97 Å². The third-order valence-corrected chi connectivity index (χ3v) is 12.2. The fourth-order valence-electron chi connectivity index (χ4n) is 8.13. The lowest BCUT2D eigenvalue weighted by Gasteiger charge is -2.41. The summed E-state index contributed by atoms with van der Waals surface area (Å²) in [5, 5.41) is 54.5. The van der Waals surface area contributed by atoms with Gasteiger partial charge in [-0.05, 0) is 108 Å². The van der Waals surface area contributed by atoms with E-state index >= 15 is 0 Å². The largest absolute Gasteiger partial charge is 0.822 e. The normalized spacial score (nSPS) is 25.6. The number of ether oxygens (including phenoxy) is 1. The summed E-state index contributed by atoms with van der Waals surface area (Å²) < 4.78 is 10.0. The van der Waals surface area contributed by atoms with Crippen LogP contribution >= 0.6 is 22.9 Å². The minimum Gasteiger partial charge on any atom is -0.822 e. The van der Waals surface area contributed by atoms with Crippen molar-refractivity contribution in [3.05, 3.63) is 36.0 Å². The molecule has 1 aliphatic heterocycles. The van der Waals surface area contributed by atoms with E-state index in [1.54, 1.807) is 7.11 Å². The number of piperidine rings is 1. The SMILES string of the molecule is C=CC[C@H](/C=C(\C)CCCCC[C@@H](C)C[C@@H](C)[C@]([O-])(O)C(=O)C(=O)N1CCCC[C@H]1C(=O)O)/C(C[C@H](O)[C@@H](C)C/C(C)=C/[C@@H]1CC[C@@H](O)[C@H](OC)C1)=N\I. The van der Waals surface area contributed by atoms with Gasteiger partial charge in [0.2, 0.25) is 5.78 Å². The standard InChI is InChI=1S/C42H68IN2O9/c1-8-14-33(34(44-43)26-37(47)30(5)21-29(4)23-32-18-19-36(46)38(25-32)54-7)24-28(3)16-11-9-10-15-27(2)22-31(6)42(52,53)39(48)40(49)45-20-13-12-17-35(45)41(50)51/h8,23-24,27,30-33,35-38,46-47,52H,1,9-22,25-26H2,2-7H3,(H,50,51)/q-1/b28-24+,29-23+,44-34-/t27-,30+,31-,32+,33-,35+,36-,37+,38-,42-/m1/s1. The van der Waals surface area contributed by atoms with Gasteiger partial charge in [0.15, 0.2) is 0 Å². The smallest absolute Gasteiger partial charge is 0.326 e. The molecule has 1 saturated heterocycles. The third-order valence-electron chi connectivity index (χ3n) is 11.5. The van der Waals surface area contributed by atoms with Crippen molar-refractivity contribution >= 4 is 46.2 Å². The Hall–Kier alpha value is -1.97. The van der Waals surface area contributed by atoms with Crippen molar-refractivity contribution in [1.82, 2.24) is 4.90 Å². The van der Waals surface area contributed by atoms with Gasteiger partial charge in [0, 0.05) is 31.7 Å². The number of aliphatic hydroxyl groups is 3. The summed E-state index contributed by atoms with van der Waals surface area (Å²) in [6, 6.07) is -1.16. The summed E-state index contributed by atoms with van der Waals surface area (Å²) in [6.45, 7) is 13.8. The molecule has 0 spiro atoms. The number of hydrogen-bond donors (Lipinski definition) is 4. The monoisotopic (exact) mass is 871 g/mol. The van der Waals surface area contributed by atoms with Gasteiger partial charge in [0.05, 0.1) is 47.0 Å². The molecule has 0 aromatic rings. The lowest BCUT2D eigenvalue weighted by Crippen LogP contribution is -2.63. The van der Waals surface area contributed by atoms with Crippen molar-refractivity contribution in [2.45, 2.75) is 161 Å². The number of halogens is 1. The molecule has 1 heterocycles. The lowest BCUT2D eigenvalue weighted by molar-refractivity contribution is -0.536. The van der Waals surface area contributed by atoms with E-state index in [1.165, 1.54) is 18.1 Å². The zero-order valence-electron chi connectivity index (χ0n) is 33.6. The number of nitrogens with zero attached hydrogens (tertiary/aromatic N) is 2. The predicted molar refractivity (Wildman–Crippen MR) is 219 cm³/mol. The quantitative estimate of drug-likeness (QED) is 0.0222. The molecule has 0 bridgehead atoms. The highest BCUT2D eigenvalue weighted by Gasteiger charge is 2.41. The molecule has 11 nitrogen and oxygen atoms in total. The molecule has 10 atom stereocenters. The number of unbranched alkanes of at least 4 members (excludes halogenated alkanes) is 2. The van der Waals surface area contributed by atoms with Crippen LogP contribution in [0.2, 0.25) is 0 Å². The first-order valence-electron chi connectivity index (χ1n) is 20.0. The summed E-state index contributed by atoms with van der Waals surface area (Å²) in [4.78, 5) is 38.1. The van der Waals surface area contributed by atoms with Gasteiger partial charge in [0.1, 0.15) is 6.04 Å². The molecule has 2 aliphatic rings. The van der Waals surface area contributed by atoms with Crippen LogP contribution in [0.15, 0.2) is 39.2 Å². The number of hydrogen-bond acceptors (Lipinski definition) is 9. The van der Waals surface area contributed by atoms with Crippen molar-refractivity contribution in [2.75, 3.05) is 13.7 Å². The predicted octanol–water partition coefficient (Wildman–Crippen LogP) is 6.51.